The Labute approximate surface area is 114 Å². The number of nitrogens with zero attached hydrogens (tertiary/aromatic N) is 1. The van der Waals surface area contributed by atoms with Crippen LogP contribution in [0.15, 0.2) is 0 Å². The monoisotopic (exact) mass is 251 g/mol. The third-order valence-corrected chi connectivity index (χ3v) is 5.40. The molecule has 0 spiro atoms. The topological polar surface area (TPSA) is 3.24 Å². The maximum atomic E-state index is 2.82. The number of likely N-dealkylation sites (tertiary alicyclic amines) is 1. The molecule has 2 aliphatic rings. The molecule has 0 unspecified atom stereocenters. The first-order chi connectivity index (χ1) is 8.58. The zero-order valence-electron chi connectivity index (χ0n) is 13.0. The van der Waals surface area contributed by atoms with Gasteiger partial charge < -0.3 is 4.90 Å². The summed E-state index contributed by atoms with van der Waals surface area (Å²) in [5.74, 6) is 3.70. The molecule has 1 aliphatic carbocycles. The summed E-state index contributed by atoms with van der Waals surface area (Å²) in [7, 11) is 0. The molecule has 18 heavy (non-hydrogen) atoms. The largest absolute Gasteiger partial charge is 0.300 e. The van der Waals surface area contributed by atoms with Crippen LogP contribution in [0.3, 0.4) is 0 Å². The van der Waals surface area contributed by atoms with Crippen LogP contribution >= 0.6 is 0 Å². The second-order valence-corrected chi connectivity index (χ2v) is 7.51. The maximum absolute atomic E-state index is 2.82. The van der Waals surface area contributed by atoms with Crippen LogP contribution in [0.4, 0.5) is 0 Å². The van der Waals surface area contributed by atoms with Gasteiger partial charge in [0.05, 0.1) is 0 Å². The summed E-state index contributed by atoms with van der Waals surface area (Å²) in [6.07, 6.45) is 8.79. The van der Waals surface area contributed by atoms with E-state index in [0.29, 0.717) is 0 Å². The van der Waals surface area contributed by atoms with Crippen LogP contribution in [0, 0.1) is 23.7 Å². The summed E-state index contributed by atoms with van der Waals surface area (Å²) >= 11 is 0. The lowest BCUT2D eigenvalue weighted by Crippen LogP contribution is -2.49. The average Bonchev–Trinajstić information content (AvgIpc) is 2.24. The Morgan fingerprint density at radius 2 is 1.78 bits per heavy atom. The fourth-order valence-corrected chi connectivity index (χ4v) is 3.80. The van der Waals surface area contributed by atoms with Crippen molar-refractivity contribution < 1.29 is 0 Å². The van der Waals surface area contributed by atoms with Crippen molar-refractivity contribution in [3.05, 3.63) is 0 Å². The summed E-state index contributed by atoms with van der Waals surface area (Å²) < 4.78 is 0. The second-order valence-electron chi connectivity index (χ2n) is 7.51. The van der Waals surface area contributed by atoms with Gasteiger partial charge in [0.1, 0.15) is 0 Å². The smallest absolute Gasteiger partial charge is 0.00953 e. The highest BCUT2D eigenvalue weighted by Gasteiger charge is 2.35. The first kappa shape index (κ1) is 14.4. The molecule has 1 nitrogen and oxygen atoms in total. The molecular formula is C17H33N. The van der Waals surface area contributed by atoms with Crippen molar-refractivity contribution in [1.82, 2.24) is 4.90 Å². The van der Waals surface area contributed by atoms with E-state index in [2.05, 4.69) is 32.6 Å². The molecule has 0 aromatic carbocycles. The average molecular weight is 251 g/mol. The van der Waals surface area contributed by atoms with Crippen LogP contribution in [0.2, 0.25) is 0 Å². The highest BCUT2D eigenvalue weighted by atomic mass is 15.2. The van der Waals surface area contributed by atoms with Gasteiger partial charge in [-0.15, -0.1) is 0 Å². The van der Waals surface area contributed by atoms with Gasteiger partial charge in [0.15, 0.2) is 0 Å². The molecule has 0 N–H and O–H groups in total. The molecule has 1 heteroatoms. The van der Waals surface area contributed by atoms with Crippen LogP contribution in [-0.2, 0) is 0 Å². The molecule has 0 aromatic rings. The molecule has 1 heterocycles. The Kier molecular flexibility index (Phi) is 5.12. The molecule has 106 valence electrons. The third kappa shape index (κ3) is 3.50. The Balaban J connectivity index is 1.87. The minimum atomic E-state index is 0.866. The van der Waals surface area contributed by atoms with Crippen LogP contribution < -0.4 is 0 Å². The van der Waals surface area contributed by atoms with E-state index in [9.17, 15) is 0 Å². The molecule has 0 amide bonds. The predicted molar refractivity (Wildman–Crippen MR) is 79.7 cm³/mol. The van der Waals surface area contributed by atoms with Crippen molar-refractivity contribution in [2.45, 2.75) is 72.3 Å². The molecule has 1 aliphatic heterocycles. The quantitative estimate of drug-likeness (QED) is 0.692. The van der Waals surface area contributed by atoms with E-state index in [1.165, 1.54) is 51.6 Å². The molecule has 2 rings (SSSR count). The van der Waals surface area contributed by atoms with Crippen LogP contribution in [0.25, 0.3) is 0 Å². The second kappa shape index (κ2) is 6.41. The zero-order chi connectivity index (χ0) is 13.1. The number of piperidine rings is 1. The van der Waals surface area contributed by atoms with Crippen molar-refractivity contribution in [2.75, 3.05) is 13.1 Å². The highest BCUT2D eigenvalue weighted by Crippen LogP contribution is 2.37. The van der Waals surface area contributed by atoms with E-state index in [0.717, 1.165) is 29.7 Å². The van der Waals surface area contributed by atoms with Gasteiger partial charge >= 0.3 is 0 Å². The minimum absolute atomic E-state index is 0.866. The molecule has 0 aromatic heterocycles. The molecular weight excluding hydrogens is 218 g/mol. The lowest BCUT2D eigenvalue weighted by molar-refractivity contribution is 0.0257. The van der Waals surface area contributed by atoms with Crippen molar-refractivity contribution in [2.24, 2.45) is 23.7 Å². The van der Waals surface area contributed by atoms with E-state index in [1.54, 1.807) is 0 Å². The molecule has 0 bridgehead atoms. The Hall–Kier alpha value is -0.0400. The summed E-state index contributed by atoms with van der Waals surface area (Å²) in [4.78, 5) is 2.82. The Morgan fingerprint density at radius 1 is 1.06 bits per heavy atom. The molecule has 0 radical (unpaired) electrons. The number of hydrogen-bond acceptors (Lipinski definition) is 1. The minimum Gasteiger partial charge on any atom is -0.300 e. The first-order valence-electron chi connectivity index (χ1n) is 8.32. The van der Waals surface area contributed by atoms with Crippen LogP contribution in [0.5, 0.6) is 0 Å². The lowest BCUT2D eigenvalue weighted by Gasteiger charge is -2.47. The van der Waals surface area contributed by atoms with Gasteiger partial charge in [0.25, 0.3) is 0 Å². The van der Waals surface area contributed by atoms with Crippen LogP contribution in [0.1, 0.15) is 66.2 Å². The van der Waals surface area contributed by atoms with Gasteiger partial charge in [-0.3, -0.25) is 0 Å². The van der Waals surface area contributed by atoms with E-state index in [4.69, 9.17) is 0 Å². The standard InChI is InChI=1S/C17H33N/c1-13(2)8-9-15-10-11-18(16-6-5-7-16)12-17(15)14(3)4/h13-17H,5-12H2,1-4H3/t15-,17-/m1/s1. The Morgan fingerprint density at radius 3 is 2.28 bits per heavy atom. The Bertz CT molecular complexity index is 242. The summed E-state index contributed by atoms with van der Waals surface area (Å²) in [5.41, 5.74) is 0. The van der Waals surface area contributed by atoms with Crippen molar-refractivity contribution in [1.29, 1.82) is 0 Å². The van der Waals surface area contributed by atoms with Crippen molar-refractivity contribution in [3.63, 3.8) is 0 Å². The van der Waals surface area contributed by atoms with E-state index in [1.807, 2.05) is 0 Å². The van der Waals surface area contributed by atoms with Gasteiger partial charge in [-0.05, 0) is 55.9 Å². The summed E-state index contributed by atoms with van der Waals surface area (Å²) in [6.45, 7) is 12.4. The molecule has 2 atom stereocenters. The van der Waals surface area contributed by atoms with E-state index < -0.39 is 0 Å². The SMILES string of the molecule is CC(C)CC[C@@H]1CCN(C2CCC2)C[C@@H]1C(C)C. The normalized spacial score (nSPS) is 31.0. The van der Waals surface area contributed by atoms with Gasteiger partial charge in [-0.25, -0.2) is 0 Å². The molecule has 2 fully saturated rings. The predicted octanol–water partition coefficient (Wildman–Crippen LogP) is 4.57. The van der Waals surface area contributed by atoms with Crippen molar-refractivity contribution >= 4 is 0 Å². The van der Waals surface area contributed by atoms with Gasteiger partial charge in [-0.1, -0.05) is 40.5 Å². The fourth-order valence-electron chi connectivity index (χ4n) is 3.80. The molecule has 1 saturated heterocycles. The maximum Gasteiger partial charge on any atom is 0.00953 e. The number of hydrogen-bond donors (Lipinski definition) is 0. The summed E-state index contributed by atoms with van der Waals surface area (Å²) in [5, 5.41) is 0. The zero-order valence-corrected chi connectivity index (χ0v) is 13.0. The lowest BCUT2D eigenvalue weighted by atomic mass is 9.74. The molecule has 1 saturated carbocycles. The van der Waals surface area contributed by atoms with E-state index in [-0.39, 0.29) is 0 Å². The van der Waals surface area contributed by atoms with Crippen molar-refractivity contribution in [3.8, 4) is 0 Å². The van der Waals surface area contributed by atoms with Gasteiger partial charge in [0, 0.05) is 12.6 Å². The van der Waals surface area contributed by atoms with Gasteiger partial charge in [-0.2, -0.15) is 0 Å². The third-order valence-electron chi connectivity index (χ3n) is 5.40. The van der Waals surface area contributed by atoms with E-state index >= 15 is 0 Å². The first-order valence-corrected chi connectivity index (χ1v) is 8.32. The van der Waals surface area contributed by atoms with Crippen LogP contribution in [-0.4, -0.2) is 24.0 Å². The van der Waals surface area contributed by atoms with Gasteiger partial charge in [0.2, 0.25) is 0 Å². The highest BCUT2D eigenvalue weighted by molar-refractivity contribution is 4.88. The fraction of sp³-hybridized carbons (Fsp3) is 1.00. The summed E-state index contributed by atoms with van der Waals surface area (Å²) in [6, 6.07) is 0.956. The number of rotatable bonds is 5.